The second-order valence-electron chi connectivity index (χ2n) is 3.70. The van der Waals surface area contributed by atoms with Crippen molar-refractivity contribution in [3.63, 3.8) is 0 Å². The van der Waals surface area contributed by atoms with E-state index in [-0.39, 0.29) is 29.0 Å². The highest BCUT2D eigenvalue weighted by atomic mass is 16.3. The molecule has 1 aromatic carbocycles. The molecule has 0 fully saturated rings. The molecular weight excluding hydrogens is 208 g/mol. The molecule has 16 heavy (non-hydrogen) atoms. The molecule has 1 aromatic rings. The van der Waals surface area contributed by atoms with Crippen LogP contribution >= 0.6 is 0 Å². The number of aromatic hydroxyl groups is 2. The summed E-state index contributed by atoms with van der Waals surface area (Å²) in [6.07, 6.45) is 0. The first-order valence-corrected chi connectivity index (χ1v) is 4.96. The number of benzene rings is 1. The molecule has 0 aromatic heterocycles. The normalized spacial score (nSPS) is 12.2. The fourth-order valence-corrected chi connectivity index (χ4v) is 1.24. The lowest BCUT2D eigenvalue weighted by Crippen LogP contribution is -2.39. The van der Waals surface area contributed by atoms with Gasteiger partial charge >= 0.3 is 0 Å². The Morgan fingerprint density at radius 3 is 2.69 bits per heavy atom. The smallest absolute Gasteiger partial charge is 0.257 e. The van der Waals surface area contributed by atoms with Crippen molar-refractivity contribution in [2.45, 2.75) is 13.0 Å². The summed E-state index contributed by atoms with van der Waals surface area (Å²) in [5, 5.41) is 18.8. The van der Waals surface area contributed by atoms with Crippen LogP contribution in [0.2, 0.25) is 0 Å². The van der Waals surface area contributed by atoms with Gasteiger partial charge in [-0.2, -0.15) is 0 Å². The largest absolute Gasteiger partial charge is 0.508 e. The zero-order chi connectivity index (χ0) is 12.3. The van der Waals surface area contributed by atoms with Gasteiger partial charge in [0.25, 0.3) is 5.91 Å². The van der Waals surface area contributed by atoms with E-state index in [2.05, 4.69) is 0 Å². The zero-order valence-electron chi connectivity index (χ0n) is 9.34. The van der Waals surface area contributed by atoms with Crippen LogP contribution in [0.3, 0.4) is 0 Å². The van der Waals surface area contributed by atoms with Crippen molar-refractivity contribution in [3.8, 4) is 11.5 Å². The van der Waals surface area contributed by atoms with Crippen LogP contribution in [-0.2, 0) is 0 Å². The molecule has 0 spiro atoms. The van der Waals surface area contributed by atoms with Gasteiger partial charge in [0.05, 0.1) is 5.56 Å². The summed E-state index contributed by atoms with van der Waals surface area (Å²) < 4.78 is 0. The minimum absolute atomic E-state index is 0.0602. The van der Waals surface area contributed by atoms with Crippen molar-refractivity contribution < 1.29 is 15.0 Å². The van der Waals surface area contributed by atoms with Gasteiger partial charge in [0.15, 0.2) is 0 Å². The van der Waals surface area contributed by atoms with Gasteiger partial charge in [-0.3, -0.25) is 4.79 Å². The average Bonchev–Trinajstić information content (AvgIpc) is 2.29. The van der Waals surface area contributed by atoms with Crippen molar-refractivity contribution >= 4 is 5.91 Å². The molecule has 0 aliphatic rings. The van der Waals surface area contributed by atoms with Gasteiger partial charge in [-0.1, -0.05) is 0 Å². The third-order valence-electron chi connectivity index (χ3n) is 2.53. The molecule has 4 N–H and O–H groups in total. The number of carbonyl (C=O) groups is 1. The Morgan fingerprint density at radius 2 is 2.12 bits per heavy atom. The van der Waals surface area contributed by atoms with Gasteiger partial charge < -0.3 is 20.8 Å². The van der Waals surface area contributed by atoms with Crippen LogP contribution in [0.4, 0.5) is 0 Å². The summed E-state index contributed by atoms with van der Waals surface area (Å²) in [5.41, 5.74) is 5.52. The first kappa shape index (κ1) is 12.3. The molecule has 0 aliphatic heterocycles. The van der Waals surface area contributed by atoms with Crippen LogP contribution in [0.5, 0.6) is 11.5 Å². The Bertz CT molecular complexity index is 393. The number of carbonyl (C=O) groups excluding carboxylic acids is 1. The molecule has 0 heterocycles. The fourth-order valence-electron chi connectivity index (χ4n) is 1.24. The van der Waals surface area contributed by atoms with Crippen LogP contribution in [0.1, 0.15) is 17.3 Å². The van der Waals surface area contributed by atoms with Crippen molar-refractivity contribution in [2.24, 2.45) is 5.73 Å². The number of hydrogen-bond acceptors (Lipinski definition) is 4. The Balaban J connectivity index is 3.00. The number of nitrogens with two attached hydrogens (primary N) is 1. The predicted octanol–water partition coefficient (Wildman–Crippen LogP) is 0.517. The van der Waals surface area contributed by atoms with Crippen molar-refractivity contribution in [2.75, 3.05) is 13.6 Å². The minimum atomic E-state index is -0.369. The van der Waals surface area contributed by atoms with Crippen LogP contribution in [0, 0.1) is 0 Å². The topological polar surface area (TPSA) is 86.8 Å². The van der Waals surface area contributed by atoms with Gasteiger partial charge in [0.2, 0.25) is 0 Å². The van der Waals surface area contributed by atoms with Crippen LogP contribution in [0.25, 0.3) is 0 Å². The van der Waals surface area contributed by atoms with E-state index < -0.39 is 0 Å². The summed E-state index contributed by atoms with van der Waals surface area (Å²) in [6.45, 7) is 2.14. The number of phenols is 2. The molecule has 0 radical (unpaired) electrons. The van der Waals surface area contributed by atoms with Gasteiger partial charge in [-0.05, 0) is 25.1 Å². The van der Waals surface area contributed by atoms with Gasteiger partial charge in [0, 0.05) is 19.6 Å². The lowest BCUT2D eigenvalue weighted by molar-refractivity contribution is 0.0745. The molecule has 5 heteroatoms. The lowest BCUT2D eigenvalue weighted by Gasteiger charge is -2.24. The molecule has 1 amide bonds. The molecule has 0 bridgehead atoms. The van der Waals surface area contributed by atoms with Crippen molar-refractivity contribution in [3.05, 3.63) is 23.8 Å². The van der Waals surface area contributed by atoms with E-state index in [0.29, 0.717) is 6.54 Å². The lowest BCUT2D eigenvalue weighted by atomic mass is 10.1. The molecule has 88 valence electrons. The molecule has 0 aliphatic carbocycles. The molecular formula is C11H16N2O3. The molecule has 5 nitrogen and oxygen atoms in total. The second kappa shape index (κ2) is 4.85. The first-order valence-electron chi connectivity index (χ1n) is 4.96. The van der Waals surface area contributed by atoms with E-state index in [1.54, 1.807) is 14.0 Å². The third-order valence-corrected chi connectivity index (χ3v) is 2.53. The zero-order valence-corrected chi connectivity index (χ0v) is 9.34. The Labute approximate surface area is 94.1 Å². The maximum absolute atomic E-state index is 11.9. The summed E-state index contributed by atoms with van der Waals surface area (Å²) >= 11 is 0. The van der Waals surface area contributed by atoms with E-state index in [1.165, 1.54) is 23.1 Å². The van der Waals surface area contributed by atoms with E-state index >= 15 is 0 Å². The van der Waals surface area contributed by atoms with Gasteiger partial charge in [-0.15, -0.1) is 0 Å². The molecule has 0 saturated carbocycles. The van der Waals surface area contributed by atoms with Crippen molar-refractivity contribution in [1.29, 1.82) is 0 Å². The van der Waals surface area contributed by atoms with Gasteiger partial charge in [-0.25, -0.2) is 0 Å². The maximum atomic E-state index is 11.9. The fraction of sp³-hybridized carbons (Fsp3) is 0.364. The number of rotatable bonds is 3. The number of hydrogen-bond donors (Lipinski definition) is 3. The van der Waals surface area contributed by atoms with E-state index in [9.17, 15) is 15.0 Å². The van der Waals surface area contributed by atoms with Crippen LogP contribution in [0.15, 0.2) is 18.2 Å². The second-order valence-corrected chi connectivity index (χ2v) is 3.70. The van der Waals surface area contributed by atoms with Gasteiger partial charge in [0.1, 0.15) is 11.5 Å². The quantitative estimate of drug-likeness (QED) is 0.653. The standard InChI is InChI=1S/C11H16N2O3/c1-7(6-12)13(2)11(16)9-5-8(14)3-4-10(9)15/h3-5,7,14-15H,6,12H2,1-2H3. The number of nitrogens with zero attached hydrogens (tertiary/aromatic N) is 1. The minimum Gasteiger partial charge on any atom is -0.508 e. The Morgan fingerprint density at radius 1 is 1.50 bits per heavy atom. The summed E-state index contributed by atoms with van der Waals surface area (Å²) in [4.78, 5) is 13.3. The van der Waals surface area contributed by atoms with E-state index in [0.717, 1.165) is 0 Å². The first-order chi connectivity index (χ1) is 7.47. The monoisotopic (exact) mass is 224 g/mol. The van der Waals surface area contributed by atoms with Crippen LogP contribution < -0.4 is 5.73 Å². The summed E-state index contributed by atoms with van der Waals surface area (Å²) in [7, 11) is 1.60. The van der Waals surface area contributed by atoms with Crippen LogP contribution in [-0.4, -0.2) is 40.7 Å². The third kappa shape index (κ3) is 2.43. The number of phenolic OH excluding ortho intramolecular Hbond substituents is 2. The maximum Gasteiger partial charge on any atom is 0.257 e. The summed E-state index contributed by atoms with van der Waals surface area (Å²) in [5.74, 6) is -0.583. The molecule has 0 saturated heterocycles. The SMILES string of the molecule is CC(CN)N(C)C(=O)c1cc(O)ccc1O. The predicted molar refractivity (Wildman–Crippen MR) is 60.4 cm³/mol. The molecule has 1 rings (SSSR count). The molecule has 1 unspecified atom stereocenters. The average molecular weight is 224 g/mol. The highest BCUT2D eigenvalue weighted by Crippen LogP contribution is 2.23. The van der Waals surface area contributed by atoms with E-state index in [4.69, 9.17) is 5.73 Å². The highest BCUT2D eigenvalue weighted by molar-refractivity contribution is 5.97. The summed E-state index contributed by atoms with van der Waals surface area (Å²) in [6, 6.07) is 3.70. The van der Waals surface area contributed by atoms with E-state index in [1.807, 2.05) is 0 Å². The Hall–Kier alpha value is -1.75. The number of likely N-dealkylation sites (N-methyl/N-ethyl adjacent to an activating group) is 1. The highest BCUT2D eigenvalue weighted by Gasteiger charge is 2.19. The molecule has 1 atom stereocenters. The number of amides is 1. The Kier molecular flexibility index (Phi) is 3.73. The van der Waals surface area contributed by atoms with Crippen molar-refractivity contribution in [1.82, 2.24) is 4.90 Å².